The molecule has 2 N–H and O–H groups in total. The van der Waals surface area contributed by atoms with Crippen LogP contribution in [0.3, 0.4) is 0 Å². The predicted molar refractivity (Wildman–Crippen MR) is 118 cm³/mol. The van der Waals surface area contributed by atoms with Gasteiger partial charge >= 0.3 is 11.9 Å². The summed E-state index contributed by atoms with van der Waals surface area (Å²) >= 11 is 0. The highest BCUT2D eigenvalue weighted by molar-refractivity contribution is 5.81. The zero-order valence-electron chi connectivity index (χ0n) is 18.2. The first-order chi connectivity index (χ1) is 16.2. The zero-order chi connectivity index (χ0) is 24.3. The molecule has 34 heavy (non-hydrogen) atoms. The lowest BCUT2D eigenvalue weighted by Gasteiger charge is -2.18. The van der Waals surface area contributed by atoms with Crippen LogP contribution in [-0.2, 0) is 12.6 Å². The Morgan fingerprint density at radius 1 is 1.12 bits per heavy atom. The number of alkyl halides is 3. The van der Waals surface area contributed by atoms with Crippen LogP contribution in [0, 0.1) is 13.8 Å². The Bertz CT molecular complexity index is 1330. The van der Waals surface area contributed by atoms with Crippen molar-refractivity contribution in [3.05, 3.63) is 81.7 Å². The number of aryl methyl sites for hydroxylation is 1. The van der Waals surface area contributed by atoms with E-state index in [1.165, 1.54) is 12.1 Å². The van der Waals surface area contributed by atoms with Crippen molar-refractivity contribution >= 4 is 11.5 Å². The molecule has 0 radical (unpaired) electrons. The number of pyridine rings is 2. The molecule has 4 rings (SSSR count). The normalized spacial score (nSPS) is 11.4. The molecule has 0 bridgehead atoms. The van der Waals surface area contributed by atoms with E-state index in [9.17, 15) is 18.0 Å². The summed E-state index contributed by atoms with van der Waals surface area (Å²) in [6.07, 6.45) is -2.23. The van der Waals surface area contributed by atoms with Gasteiger partial charge in [0.15, 0.2) is 5.82 Å². The summed E-state index contributed by atoms with van der Waals surface area (Å²) in [7, 11) is 0. The standard InChI is InChI=1S/C23H20F3N5O3/c1-13-14(2)28-20(29-17-8-6-15(7-9-17)23(24,25)26)18(21-30-22(32)34-31-21)19(13)33-12-10-16-5-3-4-11-27-16/h3-9,11H,10,12H2,1-2H3,(H,28,29)(H,30,31,32). The molecule has 0 saturated heterocycles. The Morgan fingerprint density at radius 2 is 1.88 bits per heavy atom. The van der Waals surface area contributed by atoms with Gasteiger partial charge < -0.3 is 10.1 Å². The third kappa shape index (κ3) is 5.08. The minimum atomic E-state index is -4.45. The van der Waals surface area contributed by atoms with E-state index in [4.69, 9.17) is 4.74 Å². The number of benzene rings is 1. The molecule has 3 aromatic heterocycles. The molecule has 3 heterocycles. The van der Waals surface area contributed by atoms with Gasteiger partial charge in [-0.05, 0) is 50.2 Å². The average Bonchev–Trinajstić information content (AvgIpc) is 3.23. The van der Waals surface area contributed by atoms with Crippen molar-refractivity contribution in [2.45, 2.75) is 26.4 Å². The minimum Gasteiger partial charge on any atom is -0.492 e. The summed E-state index contributed by atoms with van der Waals surface area (Å²) in [5.41, 5.74) is 2.07. The molecule has 11 heteroatoms. The highest BCUT2D eigenvalue weighted by Gasteiger charge is 2.30. The average molecular weight is 471 g/mol. The SMILES string of the molecule is Cc1nc(Nc2ccc(C(F)(F)F)cc2)c(-c2noc(=O)[nH]2)c(OCCc2ccccn2)c1C. The Labute approximate surface area is 191 Å². The number of aromatic nitrogens is 4. The van der Waals surface area contributed by atoms with Crippen LogP contribution in [0.5, 0.6) is 5.75 Å². The molecule has 0 fully saturated rings. The van der Waals surface area contributed by atoms with Gasteiger partial charge in [0, 0.05) is 35.3 Å². The second-order valence-corrected chi connectivity index (χ2v) is 7.44. The molecule has 0 unspecified atom stereocenters. The van der Waals surface area contributed by atoms with E-state index in [0.29, 0.717) is 34.7 Å². The number of H-pyrrole nitrogens is 1. The van der Waals surface area contributed by atoms with Crippen molar-refractivity contribution in [3.63, 3.8) is 0 Å². The highest BCUT2D eigenvalue weighted by Crippen LogP contribution is 2.39. The molecular weight excluding hydrogens is 451 g/mol. The molecule has 0 amide bonds. The van der Waals surface area contributed by atoms with Crippen LogP contribution < -0.4 is 15.8 Å². The first-order valence-electron chi connectivity index (χ1n) is 10.3. The maximum Gasteiger partial charge on any atom is 0.439 e. The fraction of sp³-hybridized carbons (Fsp3) is 0.217. The summed E-state index contributed by atoms with van der Waals surface area (Å²) < 4.78 is 49.5. The topological polar surface area (TPSA) is 106 Å². The van der Waals surface area contributed by atoms with Gasteiger partial charge in [0.25, 0.3) is 0 Å². The number of ether oxygens (including phenoxy) is 1. The van der Waals surface area contributed by atoms with Gasteiger partial charge in [-0.25, -0.2) is 9.78 Å². The lowest BCUT2D eigenvalue weighted by Crippen LogP contribution is -2.09. The van der Waals surface area contributed by atoms with E-state index >= 15 is 0 Å². The number of nitrogens with zero attached hydrogens (tertiary/aromatic N) is 3. The fourth-order valence-electron chi connectivity index (χ4n) is 3.28. The van der Waals surface area contributed by atoms with E-state index in [-0.39, 0.29) is 18.2 Å². The first-order valence-corrected chi connectivity index (χ1v) is 10.3. The molecule has 176 valence electrons. The van der Waals surface area contributed by atoms with Gasteiger partial charge in [-0.15, -0.1) is 0 Å². The molecule has 0 aliphatic rings. The summed E-state index contributed by atoms with van der Waals surface area (Å²) in [5.74, 6) is -0.0568. The smallest absolute Gasteiger partial charge is 0.439 e. The van der Waals surface area contributed by atoms with Crippen LogP contribution in [0.25, 0.3) is 11.4 Å². The second kappa shape index (κ2) is 9.38. The van der Waals surface area contributed by atoms with E-state index in [0.717, 1.165) is 17.8 Å². The molecule has 1 aromatic carbocycles. The monoisotopic (exact) mass is 471 g/mol. The van der Waals surface area contributed by atoms with E-state index in [2.05, 4.69) is 29.9 Å². The van der Waals surface area contributed by atoms with E-state index < -0.39 is 17.5 Å². The molecule has 0 aliphatic carbocycles. The van der Waals surface area contributed by atoms with Crippen LogP contribution in [-0.4, -0.2) is 26.7 Å². The third-order valence-electron chi connectivity index (χ3n) is 5.11. The maximum absolute atomic E-state index is 12.9. The van der Waals surface area contributed by atoms with Gasteiger partial charge in [0.05, 0.1) is 12.2 Å². The number of nitrogens with one attached hydrogen (secondary N) is 2. The Kier molecular flexibility index (Phi) is 6.35. The maximum atomic E-state index is 12.9. The third-order valence-corrected chi connectivity index (χ3v) is 5.11. The van der Waals surface area contributed by atoms with Gasteiger partial charge in [0.2, 0.25) is 0 Å². The van der Waals surface area contributed by atoms with Gasteiger partial charge in [0.1, 0.15) is 17.1 Å². The quantitative estimate of drug-likeness (QED) is 0.398. The van der Waals surface area contributed by atoms with Crippen molar-refractivity contribution in [3.8, 4) is 17.1 Å². The highest BCUT2D eigenvalue weighted by atomic mass is 19.4. The number of aromatic amines is 1. The molecule has 0 aliphatic heterocycles. The Balaban J connectivity index is 1.71. The minimum absolute atomic E-state index is 0.0721. The van der Waals surface area contributed by atoms with Gasteiger partial charge in [-0.3, -0.25) is 14.5 Å². The lowest BCUT2D eigenvalue weighted by atomic mass is 10.1. The largest absolute Gasteiger partial charge is 0.492 e. The molecule has 0 spiro atoms. The van der Waals surface area contributed by atoms with E-state index in [1.807, 2.05) is 25.1 Å². The lowest BCUT2D eigenvalue weighted by molar-refractivity contribution is -0.137. The summed E-state index contributed by atoms with van der Waals surface area (Å²) in [5, 5.41) is 6.77. The first kappa shape index (κ1) is 23.0. The Hall–Kier alpha value is -4.15. The molecule has 0 saturated carbocycles. The molecular formula is C23H20F3N5O3. The van der Waals surface area contributed by atoms with Crippen molar-refractivity contribution < 1.29 is 22.4 Å². The number of anilines is 2. The number of hydrogen-bond donors (Lipinski definition) is 2. The van der Waals surface area contributed by atoms with Gasteiger partial charge in [-0.1, -0.05) is 11.2 Å². The van der Waals surface area contributed by atoms with Crippen molar-refractivity contribution in [2.75, 3.05) is 11.9 Å². The van der Waals surface area contributed by atoms with Gasteiger partial charge in [-0.2, -0.15) is 13.2 Å². The van der Waals surface area contributed by atoms with Crippen molar-refractivity contribution in [1.82, 2.24) is 20.1 Å². The molecule has 8 nitrogen and oxygen atoms in total. The number of halogens is 3. The fourth-order valence-corrected chi connectivity index (χ4v) is 3.28. The number of hydrogen-bond acceptors (Lipinski definition) is 7. The summed E-state index contributed by atoms with van der Waals surface area (Å²) in [4.78, 5) is 22.9. The predicted octanol–water partition coefficient (Wildman–Crippen LogP) is 4.82. The van der Waals surface area contributed by atoms with Crippen molar-refractivity contribution in [2.24, 2.45) is 0 Å². The molecule has 4 aromatic rings. The second-order valence-electron chi connectivity index (χ2n) is 7.44. The van der Waals surface area contributed by atoms with Crippen molar-refractivity contribution in [1.29, 1.82) is 0 Å². The number of rotatable bonds is 7. The van der Waals surface area contributed by atoms with Crippen LogP contribution in [0.15, 0.2) is 58.0 Å². The molecule has 0 atom stereocenters. The van der Waals surface area contributed by atoms with Crippen LogP contribution in [0.4, 0.5) is 24.7 Å². The summed E-state index contributed by atoms with van der Waals surface area (Å²) in [6, 6.07) is 10.1. The van der Waals surface area contributed by atoms with Crippen LogP contribution in [0.1, 0.15) is 22.5 Å². The van der Waals surface area contributed by atoms with Crippen LogP contribution in [0.2, 0.25) is 0 Å². The van der Waals surface area contributed by atoms with E-state index in [1.54, 1.807) is 13.1 Å². The van der Waals surface area contributed by atoms with Crippen LogP contribution >= 0.6 is 0 Å². The Morgan fingerprint density at radius 3 is 2.50 bits per heavy atom. The summed E-state index contributed by atoms with van der Waals surface area (Å²) in [6.45, 7) is 3.85. The zero-order valence-corrected chi connectivity index (χ0v) is 18.2.